The zero-order chi connectivity index (χ0) is 70.1. The molecule has 11 fully saturated rings. The van der Waals surface area contributed by atoms with Gasteiger partial charge >= 0.3 is 6.03 Å². The number of amides is 8. The molecular weight excluding hydrogens is 1280 g/mol. The Kier molecular flexibility index (Phi) is 25.9. The van der Waals surface area contributed by atoms with Crippen LogP contribution in [-0.2, 0) is 85.7 Å². The third-order valence-corrected chi connectivity index (χ3v) is 22.1. The first-order valence-corrected chi connectivity index (χ1v) is 36.6. The van der Waals surface area contributed by atoms with E-state index in [0.29, 0.717) is 90.9 Å². The molecule has 0 aromatic rings. The van der Waals surface area contributed by atoms with Crippen LogP contribution in [0.2, 0.25) is 0 Å². The van der Waals surface area contributed by atoms with Crippen LogP contribution in [0.5, 0.6) is 0 Å². The topological polar surface area (TPSA) is 342 Å². The van der Waals surface area contributed by atoms with Gasteiger partial charge in [-0.1, -0.05) is 33.9 Å². The molecule has 12 rings (SSSR count). The van der Waals surface area contributed by atoms with Gasteiger partial charge in [-0.2, -0.15) is 0 Å². The van der Waals surface area contributed by atoms with Gasteiger partial charge in [0.05, 0.1) is 93.6 Å². The average Bonchev–Trinajstić information content (AvgIpc) is 1.55. The minimum atomic E-state index is -1.18. The molecular formula is C71H108N8O20. The highest BCUT2D eigenvalue weighted by Gasteiger charge is 2.69. The molecule has 11 saturated heterocycles. The largest absolute Gasteiger partial charge is 0.391 e. The molecule has 0 radical (unpaired) electrons. The standard InChI is InChI=1S/C71H108N8O20/c1-40(2)61(76-57(82)19-23-77-24-28-90-30-26-78(27-31-91-29-25-77)58(83)11-7-8-22-79-59(84)16-17-60(79)85)69(87)75-50(10-9-21-73-70(72)88)68(86)74-39-45(81)36-55-62(89-6)49-35-44(80)34-47-13-15-52-63(94-47)67-66-65(96-52)64-56(97-66)38-71(98-64,99-67)20-18-48-33-42(4)51(92-48)14-12-46-32-41(3)43(5)53(93-46)37-54(49)95-55/h16-17,40-41,45-56,61-67,81H,4-5,7-15,18-39H2,1-3,6H3,(H,74,86)(H,75,87)(H,76,82)(H3,72,73,88)/t41-,45+,46+,47-,48+,49+,50+,51+,52+,53-,54+,55-,56-,61+,62-,63+,64+,65?,66?,67+,71+/m1/s1. The zero-order valence-electron chi connectivity index (χ0n) is 58.2. The van der Waals surface area contributed by atoms with Crippen molar-refractivity contribution >= 4 is 47.3 Å². The molecule has 2 unspecified atom stereocenters. The molecule has 0 aliphatic carbocycles. The van der Waals surface area contributed by atoms with Crippen LogP contribution in [0.25, 0.3) is 0 Å². The lowest BCUT2D eigenvalue weighted by Crippen LogP contribution is -2.61. The van der Waals surface area contributed by atoms with Gasteiger partial charge in [-0.05, 0) is 93.6 Å². The smallest absolute Gasteiger partial charge is 0.312 e. The van der Waals surface area contributed by atoms with Crippen molar-refractivity contribution in [3.63, 3.8) is 0 Å². The number of nitrogens with zero attached hydrogens (tertiary/aromatic N) is 3. The number of ketones is 1. The number of unbranched alkanes of at least 4 members (excludes halogenated alkanes) is 1. The van der Waals surface area contributed by atoms with E-state index in [2.05, 4.69) is 41.3 Å². The highest BCUT2D eigenvalue weighted by atomic mass is 16.8. The summed E-state index contributed by atoms with van der Waals surface area (Å²) >= 11 is 0. The van der Waals surface area contributed by atoms with Crippen molar-refractivity contribution in [2.24, 2.45) is 23.5 Å². The fourth-order valence-electron chi connectivity index (χ4n) is 16.7. The predicted octanol–water partition coefficient (Wildman–Crippen LogP) is 2.33. The first kappa shape index (κ1) is 74.8. The highest BCUT2D eigenvalue weighted by molar-refractivity contribution is 6.12. The Morgan fingerprint density at radius 1 is 0.707 bits per heavy atom. The Balaban J connectivity index is 0.687. The summed E-state index contributed by atoms with van der Waals surface area (Å²) in [4.78, 5) is 110. The van der Waals surface area contributed by atoms with Gasteiger partial charge in [-0.15, -0.1) is 0 Å². The Morgan fingerprint density at radius 2 is 1.40 bits per heavy atom. The van der Waals surface area contributed by atoms with Crippen LogP contribution in [0, 0.1) is 17.8 Å². The number of primary amides is 1. The van der Waals surface area contributed by atoms with Crippen molar-refractivity contribution in [2.75, 3.05) is 85.9 Å². The van der Waals surface area contributed by atoms with Crippen LogP contribution in [0.4, 0.5) is 4.79 Å². The number of carbonyl (C=O) groups excluding carboxylic acids is 8. The number of ether oxygens (including phenoxy) is 11. The lowest BCUT2D eigenvalue weighted by Gasteiger charge is -2.47. The van der Waals surface area contributed by atoms with E-state index in [0.717, 1.165) is 43.3 Å². The number of nitrogens with one attached hydrogen (secondary N) is 4. The number of urea groups is 1. The summed E-state index contributed by atoms with van der Waals surface area (Å²) in [6.45, 7) is 18.1. The molecule has 28 nitrogen and oxygen atoms in total. The molecule has 8 amide bonds. The Bertz CT molecular complexity index is 2890. The lowest BCUT2D eigenvalue weighted by molar-refractivity contribution is -0.292. The van der Waals surface area contributed by atoms with Crippen molar-refractivity contribution in [1.82, 2.24) is 36.0 Å². The fourth-order valence-corrected chi connectivity index (χ4v) is 16.7. The summed E-state index contributed by atoms with van der Waals surface area (Å²) in [5.41, 5.74) is 7.37. The molecule has 21 atom stereocenters. The third-order valence-electron chi connectivity index (χ3n) is 22.1. The Labute approximate surface area is 580 Å². The van der Waals surface area contributed by atoms with Gasteiger partial charge in [0.25, 0.3) is 11.8 Å². The summed E-state index contributed by atoms with van der Waals surface area (Å²) < 4.78 is 72.9. The Morgan fingerprint density at radius 3 is 2.14 bits per heavy atom. The van der Waals surface area contributed by atoms with E-state index in [-0.39, 0.29) is 162 Å². The van der Waals surface area contributed by atoms with Crippen LogP contribution in [0.3, 0.4) is 0 Å². The third kappa shape index (κ3) is 18.9. The van der Waals surface area contributed by atoms with Crippen LogP contribution in [0.1, 0.15) is 143 Å². The number of rotatable bonds is 22. The second-order valence-corrected chi connectivity index (χ2v) is 29.5. The maximum atomic E-state index is 14.7. The van der Waals surface area contributed by atoms with Crippen molar-refractivity contribution in [3.8, 4) is 0 Å². The van der Waals surface area contributed by atoms with Gasteiger partial charge in [0, 0.05) is 129 Å². The molecule has 7 N–H and O–H groups in total. The number of methoxy groups -OCH3 is 1. The predicted molar refractivity (Wildman–Crippen MR) is 355 cm³/mol. The summed E-state index contributed by atoms with van der Waals surface area (Å²) in [7, 11) is 1.57. The van der Waals surface area contributed by atoms with Crippen LogP contribution in [-0.4, -0.2) is 268 Å². The monoisotopic (exact) mass is 1390 g/mol. The summed E-state index contributed by atoms with van der Waals surface area (Å²) in [6, 6.07) is -2.94. The first-order chi connectivity index (χ1) is 47.6. The minimum absolute atomic E-state index is 0.0157. The molecule has 12 aliphatic heterocycles. The van der Waals surface area contributed by atoms with Gasteiger partial charge in [0.2, 0.25) is 23.6 Å². The van der Waals surface area contributed by atoms with Crippen molar-refractivity contribution in [3.05, 3.63) is 36.5 Å². The number of aliphatic hydroxyl groups is 1. The number of aliphatic hydroxyl groups excluding tert-OH is 1. The van der Waals surface area contributed by atoms with E-state index >= 15 is 0 Å². The van der Waals surface area contributed by atoms with Crippen molar-refractivity contribution in [1.29, 1.82) is 0 Å². The summed E-state index contributed by atoms with van der Waals surface area (Å²) in [5.74, 6) is -3.96. The van der Waals surface area contributed by atoms with Crippen LogP contribution in [0.15, 0.2) is 36.5 Å². The molecule has 12 heterocycles. The summed E-state index contributed by atoms with van der Waals surface area (Å²) in [6.07, 6.45) is 4.78. The maximum Gasteiger partial charge on any atom is 0.312 e. The Hall–Kier alpha value is -5.34. The van der Waals surface area contributed by atoms with E-state index in [1.165, 1.54) is 17.1 Å². The van der Waals surface area contributed by atoms with Gasteiger partial charge < -0.3 is 89.1 Å². The number of fused-ring (bicyclic) bond motifs is 6. The van der Waals surface area contributed by atoms with Gasteiger partial charge in [-0.25, -0.2) is 4.79 Å². The number of hydrogen-bond acceptors (Lipinski definition) is 21. The van der Waals surface area contributed by atoms with Crippen LogP contribution < -0.4 is 27.0 Å². The normalized spacial score (nSPS) is 36.1. The highest BCUT2D eigenvalue weighted by Crippen LogP contribution is 2.54. The lowest BCUT2D eigenvalue weighted by atomic mass is 9.81. The van der Waals surface area contributed by atoms with E-state index in [1.807, 2.05) is 4.90 Å². The minimum Gasteiger partial charge on any atom is -0.391 e. The van der Waals surface area contributed by atoms with E-state index in [1.54, 1.807) is 25.9 Å². The van der Waals surface area contributed by atoms with Gasteiger partial charge in [0.15, 0.2) is 5.79 Å². The molecule has 552 valence electrons. The number of imide groups is 1. The fraction of sp³-hybridized carbons (Fsp3) is 0.803. The number of carbonyl (C=O) groups is 8. The number of nitrogens with two attached hydrogens (primary N) is 1. The van der Waals surface area contributed by atoms with Crippen molar-refractivity contribution in [2.45, 2.75) is 258 Å². The van der Waals surface area contributed by atoms with E-state index in [4.69, 9.17) is 57.8 Å². The molecule has 28 heteroatoms. The van der Waals surface area contributed by atoms with E-state index in [9.17, 15) is 43.5 Å². The maximum absolute atomic E-state index is 14.7. The van der Waals surface area contributed by atoms with Crippen LogP contribution >= 0.6 is 0 Å². The quantitative estimate of drug-likeness (QED) is 0.0515. The number of hydrogen-bond donors (Lipinski definition) is 6. The SMILES string of the molecule is C=C1C[C@@H]2CC[C@@]34C[C@H]5OC6C(O[C@H]7CC[C@H](CC(=O)C[C@@H]8[C@@H](OC)[C@@H](C[C@H](O)CNC(=O)[C@H](CCCNC(N)=O)NC(=O)[C@@H](NC(=O)CCN9CCOCCN(C(=O)CCCCN%10C(=O)C=CC%10=O)CCOCC9)C(C)C)O[C@H]8C[C@H]8O[C@@H](CC[C@@H]1O2)C[C@@H](C)C8=C)O[C@@H]7[C@@H]6O3)[C@H]5O4. The number of Topliss-reactive ketones (excluding diaryl/α,β-unsaturated/α-hetero) is 1. The molecule has 12 bridgehead atoms. The summed E-state index contributed by atoms with van der Waals surface area (Å²) in [5, 5.41) is 22.9. The van der Waals surface area contributed by atoms with Gasteiger partial charge in [-0.3, -0.25) is 43.4 Å². The molecule has 99 heavy (non-hydrogen) atoms. The average molecular weight is 1390 g/mol. The second-order valence-electron chi connectivity index (χ2n) is 29.5. The van der Waals surface area contributed by atoms with E-state index < -0.39 is 96.4 Å². The van der Waals surface area contributed by atoms with Crippen molar-refractivity contribution < 1.29 is 95.6 Å². The molecule has 12 aliphatic rings. The molecule has 1 spiro atoms. The zero-order valence-corrected chi connectivity index (χ0v) is 58.2. The molecule has 0 aromatic carbocycles. The first-order valence-electron chi connectivity index (χ1n) is 36.6. The van der Waals surface area contributed by atoms with Gasteiger partial charge in [0.1, 0.15) is 48.4 Å². The molecule has 0 saturated carbocycles. The second kappa shape index (κ2) is 34.3. The molecule has 0 aromatic heterocycles.